The number of methoxy groups -OCH3 is 1. The van der Waals surface area contributed by atoms with Crippen LogP contribution in [-0.4, -0.2) is 13.0 Å². The number of hydrogen-bond donors (Lipinski definition) is 1. The standard InChI is InChI=1S/C22H29NO2S/c1-6-14-7-10-19-15(11-14)12-20(26-19)21(24)23-17-13-16(22(2,3)4)8-9-18(17)25-5/h8-9,12-14H,6-7,10-11H2,1-5H3,(H,23,24)/t14-/m0/s1. The Bertz CT molecular complexity index is 801. The van der Waals surface area contributed by atoms with E-state index in [0.717, 1.165) is 29.3 Å². The molecule has 3 rings (SSSR count). The lowest BCUT2D eigenvalue weighted by Crippen LogP contribution is -2.15. The highest BCUT2D eigenvalue weighted by atomic mass is 32.1. The van der Waals surface area contributed by atoms with Crippen molar-refractivity contribution in [2.45, 2.75) is 58.8 Å². The van der Waals surface area contributed by atoms with Crippen LogP contribution in [-0.2, 0) is 18.3 Å². The summed E-state index contributed by atoms with van der Waals surface area (Å²) in [7, 11) is 1.64. The van der Waals surface area contributed by atoms with Crippen LogP contribution in [0.4, 0.5) is 5.69 Å². The number of benzene rings is 1. The molecule has 2 aromatic rings. The lowest BCUT2D eigenvalue weighted by atomic mass is 9.86. The molecule has 0 radical (unpaired) electrons. The molecule has 1 heterocycles. The van der Waals surface area contributed by atoms with Crippen LogP contribution in [0.3, 0.4) is 0 Å². The molecule has 4 heteroatoms. The molecule has 1 N–H and O–H groups in total. The minimum atomic E-state index is -0.0400. The van der Waals surface area contributed by atoms with Crippen molar-refractivity contribution in [3.63, 3.8) is 0 Å². The number of rotatable bonds is 4. The Morgan fingerprint density at radius 3 is 2.73 bits per heavy atom. The van der Waals surface area contributed by atoms with Crippen LogP contribution >= 0.6 is 11.3 Å². The van der Waals surface area contributed by atoms with Gasteiger partial charge in [-0.3, -0.25) is 4.79 Å². The lowest BCUT2D eigenvalue weighted by molar-refractivity contribution is 0.103. The highest BCUT2D eigenvalue weighted by Gasteiger charge is 2.23. The molecule has 0 fully saturated rings. The smallest absolute Gasteiger partial charge is 0.265 e. The number of anilines is 1. The largest absolute Gasteiger partial charge is 0.495 e. The fourth-order valence-electron chi connectivity index (χ4n) is 3.52. The first-order valence-electron chi connectivity index (χ1n) is 9.43. The van der Waals surface area contributed by atoms with Crippen molar-refractivity contribution < 1.29 is 9.53 Å². The third-order valence-corrected chi connectivity index (χ3v) is 6.54. The Kier molecular flexibility index (Phi) is 5.42. The van der Waals surface area contributed by atoms with E-state index < -0.39 is 0 Å². The van der Waals surface area contributed by atoms with Crippen molar-refractivity contribution in [2.75, 3.05) is 12.4 Å². The molecule has 1 aliphatic carbocycles. The van der Waals surface area contributed by atoms with Gasteiger partial charge >= 0.3 is 0 Å². The van der Waals surface area contributed by atoms with Crippen LogP contribution in [0.15, 0.2) is 24.3 Å². The molecule has 3 nitrogen and oxygen atoms in total. The van der Waals surface area contributed by atoms with Gasteiger partial charge in [-0.25, -0.2) is 0 Å². The van der Waals surface area contributed by atoms with Crippen LogP contribution in [0.2, 0.25) is 0 Å². The molecular weight excluding hydrogens is 342 g/mol. The summed E-state index contributed by atoms with van der Waals surface area (Å²) < 4.78 is 5.45. The van der Waals surface area contributed by atoms with E-state index in [1.807, 2.05) is 12.1 Å². The van der Waals surface area contributed by atoms with E-state index >= 15 is 0 Å². The molecule has 26 heavy (non-hydrogen) atoms. The molecule has 0 saturated heterocycles. The number of ether oxygens (including phenoxy) is 1. The average molecular weight is 372 g/mol. The number of aryl methyl sites for hydroxylation is 1. The van der Waals surface area contributed by atoms with E-state index in [0.29, 0.717) is 5.75 Å². The molecule has 0 unspecified atom stereocenters. The number of thiophene rings is 1. The second-order valence-corrected chi connectivity index (χ2v) is 9.33. The number of carbonyl (C=O) groups is 1. The van der Waals surface area contributed by atoms with Crippen molar-refractivity contribution in [3.05, 3.63) is 45.1 Å². The summed E-state index contributed by atoms with van der Waals surface area (Å²) in [6.07, 6.45) is 4.67. The Balaban J connectivity index is 1.83. The molecule has 0 saturated carbocycles. The number of hydrogen-bond acceptors (Lipinski definition) is 3. The molecule has 0 aliphatic heterocycles. The third kappa shape index (κ3) is 3.96. The Morgan fingerprint density at radius 1 is 1.31 bits per heavy atom. The molecule has 1 aromatic heterocycles. The van der Waals surface area contributed by atoms with Gasteiger partial charge in [0, 0.05) is 4.88 Å². The van der Waals surface area contributed by atoms with Crippen molar-refractivity contribution in [1.82, 2.24) is 0 Å². The number of nitrogens with one attached hydrogen (secondary N) is 1. The SMILES string of the molecule is CC[C@H]1CCc2sc(C(=O)Nc3cc(C(C)(C)C)ccc3OC)cc2C1. The van der Waals surface area contributed by atoms with Crippen LogP contribution in [0.5, 0.6) is 5.75 Å². The van der Waals surface area contributed by atoms with E-state index in [4.69, 9.17) is 4.74 Å². The van der Waals surface area contributed by atoms with Gasteiger partial charge in [0.2, 0.25) is 0 Å². The normalized spacial score (nSPS) is 16.9. The fourth-order valence-corrected chi connectivity index (χ4v) is 4.62. The fraction of sp³-hybridized carbons (Fsp3) is 0.500. The molecule has 1 atom stereocenters. The van der Waals surface area contributed by atoms with Crippen LogP contribution < -0.4 is 10.1 Å². The minimum Gasteiger partial charge on any atom is -0.495 e. The van der Waals surface area contributed by atoms with Crippen molar-refractivity contribution in [2.24, 2.45) is 5.92 Å². The quantitative estimate of drug-likeness (QED) is 0.735. The van der Waals surface area contributed by atoms with Crippen LogP contribution in [0.1, 0.15) is 66.2 Å². The van der Waals surface area contributed by atoms with Gasteiger partial charge in [0.05, 0.1) is 17.7 Å². The summed E-state index contributed by atoms with van der Waals surface area (Å²) >= 11 is 1.65. The highest BCUT2D eigenvalue weighted by molar-refractivity contribution is 7.14. The van der Waals surface area contributed by atoms with Crippen LogP contribution in [0.25, 0.3) is 0 Å². The minimum absolute atomic E-state index is 0.0168. The van der Waals surface area contributed by atoms with E-state index in [1.54, 1.807) is 18.4 Å². The zero-order chi connectivity index (χ0) is 18.9. The molecular formula is C22H29NO2S. The van der Waals surface area contributed by atoms with Gasteiger partial charge in [0.25, 0.3) is 5.91 Å². The van der Waals surface area contributed by atoms with E-state index in [9.17, 15) is 4.79 Å². The van der Waals surface area contributed by atoms with E-state index in [1.165, 1.54) is 28.8 Å². The summed E-state index contributed by atoms with van der Waals surface area (Å²) in [5, 5.41) is 3.07. The Labute approximate surface area is 160 Å². The Morgan fingerprint density at radius 2 is 2.08 bits per heavy atom. The monoisotopic (exact) mass is 371 g/mol. The molecule has 1 amide bonds. The highest BCUT2D eigenvalue weighted by Crippen LogP contribution is 2.35. The second-order valence-electron chi connectivity index (χ2n) is 8.20. The second kappa shape index (κ2) is 7.43. The maximum atomic E-state index is 12.9. The number of carbonyl (C=O) groups excluding carboxylic acids is 1. The van der Waals surface area contributed by atoms with Gasteiger partial charge in [-0.2, -0.15) is 0 Å². The zero-order valence-corrected chi connectivity index (χ0v) is 17.3. The molecule has 1 aliphatic rings. The summed E-state index contributed by atoms with van der Waals surface area (Å²) in [5.74, 6) is 1.41. The number of amides is 1. The van der Waals surface area contributed by atoms with Gasteiger partial charge in [-0.1, -0.05) is 40.2 Å². The number of fused-ring (bicyclic) bond motifs is 1. The summed E-state index contributed by atoms with van der Waals surface area (Å²) in [6.45, 7) is 8.75. The van der Waals surface area contributed by atoms with Gasteiger partial charge in [-0.15, -0.1) is 11.3 Å². The predicted molar refractivity (Wildman–Crippen MR) is 110 cm³/mol. The van der Waals surface area contributed by atoms with Crippen molar-refractivity contribution >= 4 is 22.9 Å². The summed E-state index contributed by atoms with van der Waals surface area (Å²) in [4.78, 5) is 15.0. The van der Waals surface area contributed by atoms with Crippen molar-refractivity contribution in [1.29, 1.82) is 0 Å². The van der Waals surface area contributed by atoms with Gasteiger partial charge in [0.15, 0.2) is 0 Å². The van der Waals surface area contributed by atoms with E-state index in [2.05, 4.69) is 45.1 Å². The molecule has 1 aromatic carbocycles. The topological polar surface area (TPSA) is 38.3 Å². The maximum Gasteiger partial charge on any atom is 0.265 e. The summed E-state index contributed by atoms with van der Waals surface area (Å²) in [6, 6.07) is 8.11. The van der Waals surface area contributed by atoms with E-state index in [-0.39, 0.29) is 11.3 Å². The zero-order valence-electron chi connectivity index (χ0n) is 16.4. The molecule has 0 spiro atoms. The van der Waals surface area contributed by atoms with Crippen molar-refractivity contribution in [3.8, 4) is 5.75 Å². The average Bonchev–Trinajstić information content (AvgIpc) is 3.04. The first-order valence-corrected chi connectivity index (χ1v) is 10.2. The predicted octanol–water partition coefficient (Wildman–Crippen LogP) is 5.82. The Hall–Kier alpha value is -1.81. The van der Waals surface area contributed by atoms with Crippen LogP contribution in [0, 0.1) is 5.92 Å². The maximum absolute atomic E-state index is 12.9. The first-order chi connectivity index (χ1) is 12.3. The molecule has 0 bridgehead atoms. The first kappa shape index (κ1) is 19.0. The lowest BCUT2D eigenvalue weighted by Gasteiger charge is -2.21. The molecule has 140 valence electrons. The third-order valence-electron chi connectivity index (χ3n) is 5.30. The van der Waals surface area contributed by atoms with Gasteiger partial charge < -0.3 is 10.1 Å². The van der Waals surface area contributed by atoms with Gasteiger partial charge in [-0.05, 0) is 59.9 Å². The van der Waals surface area contributed by atoms with Gasteiger partial charge in [0.1, 0.15) is 5.75 Å². The summed E-state index contributed by atoms with van der Waals surface area (Å²) in [5.41, 5.74) is 3.30.